The Hall–Kier alpha value is -2.68. The highest BCUT2D eigenvalue weighted by atomic mass is 16.5. The van der Waals surface area contributed by atoms with E-state index in [4.69, 9.17) is 9.47 Å². The van der Waals surface area contributed by atoms with E-state index in [1.54, 1.807) is 7.11 Å². The number of hydrogen-bond acceptors (Lipinski definition) is 7. The summed E-state index contributed by atoms with van der Waals surface area (Å²) in [7, 11) is 1.59. The van der Waals surface area contributed by atoms with Gasteiger partial charge in [0.05, 0.1) is 38.3 Å². The van der Waals surface area contributed by atoms with Gasteiger partial charge in [-0.15, -0.1) is 0 Å². The summed E-state index contributed by atoms with van der Waals surface area (Å²) in [5, 5.41) is 0. The van der Waals surface area contributed by atoms with Crippen LogP contribution in [-0.2, 0) is 16.1 Å². The third-order valence-electron chi connectivity index (χ3n) is 5.08. The van der Waals surface area contributed by atoms with Crippen LogP contribution < -0.4 is 9.64 Å². The molecule has 4 heterocycles. The number of amides is 1. The van der Waals surface area contributed by atoms with Gasteiger partial charge in [-0.2, -0.15) is 0 Å². The maximum Gasteiger partial charge on any atom is 0.248 e. The summed E-state index contributed by atoms with van der Waals surface area (Å²) >= 11 is 0. The second-order valence-electron chi connectivity index (χ2n) is 6.85. The number of aromatic nitrogens is 4. The van der Waals surface area contributed by atoms with E-state index in [0.29, 0.717) is 25.6 Å². The normalized spacial score (nSPS) is 19.2. The summed E-state index contributed by atoms with van der Waals surface area (Å²) in [5.41, 5.74) is 1.08. The third kappa shape index (κ3) is 3.87. The SMILES string of the molecule is COc1cc(N2Cc3cncn3[C@H](COCC(=O)N3CCCC3)C2)ncn1. The Morgan fingerprint density at radius 3 is 2.96 bits per heavy atom. The lowest BCUT2D eigenvalue weighted by molar-refractivity contribution is -0.135. The molecule has 0 N–H and O–H groups in total. The molecule has 9 heteroatoms. The van der Waals surface area contributed by atoms with Crippen molar-refractivity contribution in [2.45, 2.75) is 25.4 Å². The standard InChI is InChI=1S/C18H24N6O3/c1-26-17-6-16(20-12-21-17)23-8-14-7-19-13-24(14)15(9-23)10-27-11-18(25)22-4-2-3-5-22/h6-7,12-13,15H,2-5,8-11H2,1H3/t15-/m0/s1. The molecule has 0 radical (unpaired) electrons. The van der Waals surface area contributed by atoms with Crippen molar-refractivity contribution in [3.05, 3.63) is 30.6 Å². The van der Waals surface area contributed by atoms with Gasteiger partial charge in [-0.1, -0.05) is 0 Å². The number of carbonyl (C=O) groups is 1. The fourth-order valence-corrected chi connectivity index (χ4v) is 3.65. The number of fused-ring (bicyclic) bond motifs is 1. The smallest absolute Gasteiger partial charge is 0.248 e. The van der Waals surface area contributed by atoms with Crippen LogP contribution in [0.15, 0.2) is 24.9 Å². The Morgan fingerprint density at radius 1 is 1.30 bits per heavy atom. The van der Waals surface area contributed by atoms with Crippen LogP contribution in [-0.4, -0.2) is 70.3 Å². The van der Waals surface area contributed by atoms with E-state index < -0.39 is 0 Å². The lowest BCUT2D eigenvalue weighted by atomic mass is 10.2. The number of imidazole rings is 1. The first-order chi connectivity index (χ1) is 13.2. The van der Waals surface area contributed by atoms with Gasteiger partial charge in [-0.25, -0.2) is 15.0 Å². The number of hydrogen-bond donors (Lipinski definition) is 0. The first kappa shape index (κ1) is 17.7. The number of nitrogens with zero attached hydrogens (tertiary/aromatic N) is 6. The molecular weight excluding hydrogens is 348 g/mol. The molecule has 0 bridgehead atoms. The van der Waals surface area contributed by atoms with Crippen LogP contribution in [0.1, 0.15) is 24.6 Å². The minimum Gasteiger partial charge on any atom is -0.481 e. The molecule has 1 amide bonds. The number of likely N-dealkylation sites (tertiary alicyclic amines) is 1. The molecule has 0 aromatic carbocycles. The monoisotopic (exact) mass is 372 g/mol. The Morgan fingerprint density at radius 2 is 2.15 bits per heavy atom. The second kappa shape index (κ2) is 7.91. The van der Waals surface area contributed by atoms with Gasteiger partial charge in [-0.3, -0.25) is 4.79 Å². The van der Waals surface area contributed by atoms with Gasteiger partial charge in [0.1, 0.15) is 18.8 Å². The molecule has 27 heavy (non-hydrogen) atoms. The molecule has 2 aromatic rings. The topological polar surface area (TPSA) is 85.6 Å². The fraction of sp³-hybridized carbons (Fsp3) is 0.556. The van der Waals surface area contributed by atoms with E-state index in [1.165, 1.54) is 6.33 Å². The number of anilines is 1. The Bertz CT molecular complexity index is 789. The zero-order valence-corrected chi connectivity index (χ0v) is 15.5. The van der Waals surface area contributed by atoms with Crippen LogP contribution in [0.4, 0.5) is 5.82 Å². The number of ether oxygens (including phenoxy) is 2. The number of rotatable bonds is 6. The highest BCUT2D eigenvalue weighted by Gasteiger charge is 2.27. The molecule has 0 saturated carbocycles. The molecule has 1 fully saturated rings. The maximum atomic E-state index is 12.2. The van der Waals surface area contributed by atoms with Crippen molar-refractivity contribution in [1.82, 2.24) is 24.4 Å². The predicted molar refractivity (Wildman–Crippen MR) is 97.5 cm³/mol. The van der Waals surface area contributed by atoms with E-state index in [1.807, 2.05) is 23.5 Å². The molecular formula is C18H24N6O3. The predicted octanol–water partition coefficient (Wildman–Crippen LogP) is 0.882. The van der Waals surface area contributed by atoms with Gasteiger partial charge in [-0.05, 0) is 12.8 Å². The molecule has 9 nitrogen and oxygen atoms in total. The lowest BCUT2D eigenvalue weighted by Gasteiger charge is -2.35. The van der Waals surface area contributed by atoms with Crippen LogP contribution in [0.2, 0.25) is 0 Å². The molecule has 1 atom stereocenters. The summed E-state index contributed by atoms with van der Waals surface area (Å²) in [5.74, 6) is 1.40. The zero-order chi connectivity index (χ0) is 18.6. The van der Waals surface area contributed by atoms with Gasteiger partial charge in [0.2, 0.25) is 11.8 Å². The van der Waals surface area contributed by atoms with Gasteiger partial charge in [0.15, 0.2) is 0 Å². The summed E-state index contributed by atoms with van der Waals surface area (Å²) < 4.78 is 13.1. The van der Waals surface area contributed by atoms with Crippen molar-refractivity contribution in [1.29, 1.82) is 0 Å². The van der Waals surface area contributed by atoms with Crippen LogP contribution in [0.3, 0.4) is 0 Å². The number of carbonyl (C=O) groups excluding carboxylic acids is 1. The Kier molecular flexibility index (Phi) is 5.19. The molecule has 144 valence electrons. The highest BCUT2D eigenvalue weighted by molar-refractivity contribution is 5.77. The van der Waals surface area contributed by atoms with Crippen molar-refractivity contribution in [3.8, 4) is 5.88 Å². The van der Waals surface area contributed by atoms with Gasteiger partial charge >= 0.3 is 0 Å². The first-order valence-corrected chi connectivity index (χ1v) is 9.22. The third-order valence-corrected chi connectivity index (χ3v) is 5.08. The summed E-state index contributed by atoms with van der Waals surface area (Å²) in [6, 6.07) is 1.88. The average molecular weight is 372 g/mol. The minimum absolute atomic E-state index is 0.0589. The van der Waals surface area contributed by atoms with Crippen LogP contribution in [0, 0.1) is 0 Å². The second-order valence-corrected chi connectivity index (χ2v) is 6.85. The van der Waals surface area contributed by atoms with Crippen molar-refractivity contribution < 1.29 is 14.3 Å². The zero-order valence-electron chi connectivity index (χ0n) is 15.5. The van der Waals surface area contributed by atoms with E-state index >= 15 is 0 Å². The molecule has 0 aliphatic carbocycles. The van der Waals surface area contributed by atoms with Crippen molar-refractivity contribution in [2.24, 2.45) is 0 Å². The van der Waals surface area contributed by atoms with Crippen LogP contribution >= 0.6 is 0 Å². The minimum atomic E-state index is 0.0589. The molecule has 0 unspecified atom stereocenters. The summed E-state index contributed by atoms with van der Waals surface area (Å²) in [6.45, 7) is 3.68. The van der Waals surface area contributed by atoms with Gasteiger partial charge < -0.3 is 23.8 Å². The van der Waals surface area contributed by atoms with E-state index in [-0.39, 0.29) is 18.6 Å². The van der Waals surface area contributed by atoms with Crippen LogP contribution in [0.5, 0.6) is 5.88 Å². The average Bonchev–Trinajstić information content (AvgIpc) is 3.39. The van der Waals surface area contributed by atoms with E-state index in [9.17, 15) is 4.79 Å². The largest absolute Gasteiger partial charge is 0.481 e. The molecule has 4 rings (SSSR count). The highest BCUT2D eigenvalue weighted by Crippen LogP contribution is 2.26. The van der Waals surface area contributed by atoms with Crippen molar-refractivity contribution in [2.75, 3.05) is 44.9 Å². The molecule has 2 aliphatic heterocycles. The first-order valence-electron chi connectivity index (χ1n) is 9.22. The summed E-state index contributed by atoms with van der Waals surface area (Å²) in [6.07, 6.45) is 7.35. The van der Waals surface area contributed by atoms with Gasteiger partial charge in [0.25, 0.3) is 0 Å². The van der Waals surface area contributed by atoms with Crippen molar-refractivity contribution >= 4 is 11.7 Å². The lowest BCUT2D eigenvalue weighted by Crippen LogP contribution is -2.40. The van der Waals surface area contributed by atoms with Crippen molar-refractivity contribution in [3.63, 3.8) is 0 Å². The molecule has 0 spiro atoms. The summed E-state index contributed by atoms with van der Waals surface area (Å²) in [4.78, 5) is 28.9. The molecule has 2 aromatic heterocycles. The molecule has 2 aliphatic rings. The quantitative estimate of drug-likeness (QED) is 0.744. The number of methoxy groups -OCH3 is 1. The maximum absolute atomic E-state index is 12.2. The van der Waals surface area contributed by atoms with E-state index in [2.05, 4.69) is 24.4 Å². The van der Waals surface area contributed by atoms with E-state index in [0.717, 1.165) is 37.4 Å². The van der Waals surface area contributed by atoms with Crippen LogP contribution in [0.25, 0.3) is 0 Å². The Labute approximate surface area is 157 Å². The molecule has 1 saturated heterocycles. The van der Waals surface area contributed by atoms with Gasteiger partial charge in [0, 0.05) is 31.9 Å². The fourth-order valence-electron chi connectivity index (χ4n) is 3.65. The Balaban J connectivity index is 1.41.